The molecule has 1 fully saturated rings. The van der Waals surface area contributed by atoms with Gasteiger partial charge >= 0.3 is 0 Å². The number of rotatable bonds is 2. The number of fused-ring (bicyclic) bond motifs is 1. The van der Waals surface area contributed by atoms with E-state index in [1.54, 1.807) is 0 Å². The lowest BCUT2D eigenvalue weighted by Gasteiger charge is -2.15. The standard InChI is InChI=1S/C23H19N3O2/c27-22-19(16-11-24-18-9-2-1-7-14(16)18)20(23(28)25-22)17-12-26-10-4-6-13-5-3-8-15(17)21(13)26/h1-3,5,7-9,11-12,19-20,24H,4,6,10H2,(H,25,27,28)/t19-,20+/m1/s1. The van der Waals surface area contributed by atoms with E-state index >= 15 is 0 Å². The van der Waals surface area contributed by atoms with E-state index in [4.69, 9.17) is 0 Å². The molecule has 5 nitrogen and oxygen atoms in total. The fraction of sp³-hybridized carbons (Fsp3) is 0.217. The summed E-state index contributed by atoms with van der Waals surface area (Å²) >= 11 is 0. The lowest BCUT2D eigenvalue weighted by atomic mass is 9.83. The largest absolute Gasteiger partial charge is 0.361 e. The number of nitrogens with zero attached hydrogens (tertiary/aromatic N) is 1. The number of nitrogens with one attached hydrogen (secondary N) is 2. The SMILES string of the molecule is O=C1NC(=O)[C@@H](c2cn3c4c(cccc24)CCC3)[C@H]1c1c[nH]c2ccccc12. The number of H-pyrrole nitrogens is 1. The molecule has 0 radical (unpaired) electrons. The Morgan fingerprint density at radius 3 is 2.57 bits per heavy atom. The second-order valence-electron chi connectivity index (χ2n) is 7.79. The van der Waals surface area contributed by atoms with Gasteiger partial charge in [-0.3, -0.25) is 14.9 Å². The molecule has 0 bridgehead atoms. The Kier molecular flexibility index (Phi) is 3.13. The van der Waals surface area contributed by atoms with Crippen molar-refractivity contribution in [2.45, 2.75) is 31.2 Å². The van der Waals surface area contributed by atoms with Gasteiger partial charge < -0.3 is 9.55 Å². The first kappa shape index (κ1) is 15.7. The highest BCUT2D eigenvalue weighted by molar-refractivity contribution is 6.13. The minimum absolute atomic E-state index is 0.205. The van der Waals surface area contributed by atoms with Gasteiger partial charge in [0.15, 0.2) is 0 Å². The zero-order valence-corrected chi connectivity index (χ0v) is 15.2. The van der Waals surface area contributed by atoms with E-state index in [1.165, 1.54) is 11.1 Å². The van der Waals surface area contributed by atoms with Crippen LogP contribution in [0.2, 0.25) is 0 Å². The molecule has 2 amide bonds. The number of para-hydroxylation sites is 2. The number of aromatic nitrogens is 2. The molecule has 138 valence electrons. The summed E-state index contributed by atoms with van der Waals surface area (Å²) in [5.41, 5.74) is 5.36. The Balaban J connectivity index is 1.58. The molecule has 4 aromatic rings. The molecule has 4 heterocycles. The summed E-state index contributed by atoms with van der Waals surface area (Å²) < 4.78 is 2.26. The number of hydrogen-bond acceptors (Lipinski definition) is 2. The van der Waals surface area contributed by atoms with Crippen LogP contribution in [0.15, 0.2) is 54.9 Å². The monoisotopic (exact) mass is 369 g/mol. The van der Waals surface area contributed by atoms with Crippen LogP contribution in [0.1, 0.15) is 34.9 Å². The highest BCUT2D eigenvalue weighted by atomic mass is 16.2. The molecule has 0 spiro atoms. The number of aryl methyl sites for hydroxylation is 2. The maximum Gasteiger partial charge on any atom is 0.235 e. The second kappa shape index (κ2) is 5.58. The van der Waals surface area contributed by atoms with Crippen molar-refractivity contribution < 1.29 is 9.59 Å². The Morgan fingerprint density at radius 1 is 0.893 bits per heavy atom. The highest BCUT2D eigenvalue weighted by Gasteiger charge is 2.45. The van der Waals surface area contributed by atoms with Gasteiger partial charge in [0.2, 0.25) is 11.8 Å². The first-order chi connectivity index (χ1) is 13.7. The molecule has 2 N–H and O–H groups in total. The van der Waals surface area contributed by atoms with Crippen molar-refractivity contribution in [3.05, 3.63) is 71.5 Å². The summed E-state index contributed by atoms with van der Waals surface area (Å²) in [6.45, 7) is 0.952. The molecule has 0 unspecified atom stereocenters. The van der Waals surface area contributed by atoms with Gasteiger partial charge in [-0.25, -0.2) is 0 Å². The summed E-state index contributed by atoms with van der Waals surface area (Å²) in [4.78, 5) is 29.0. The maximum absolute atomic E-state index is 12.9. The number of imide groups is 1. The third-order valence-corrected chi connectivity index (χ3v) is 6.29. The van der Waals surface area contributed by atoms with Gasteiger partial charge in [-0.1, -0.05) is 36.4 Å². The minimum Gasteiger partial charge on any atom is -0.361 e. The maximum atomic E-state index is 12.9. The lowest BCUT2D eigenvalue weighted by molar-refractivity contribution is -0.125. The van der Waals surface area contributed by atoms with E-state index in [2.05, 4.69) is 39.3 Å². The summed E-state index contributed by atoms with van der Waals surface area (Å²) in [6.07, 6.45) is 6.13. The predicted octanol–water partition coefficient (Wildman–Crippen LogP) is 3.59. The van der Waals surface area contributed by atoms with Gasteiger partial charge in [-0.05, 0) is 35.6 Å². The molecule has 2 aromatic carbocycles. The van der Waals surface area contributed by atoms with E-state index in [-0.39, 0.29) is 11.8 Å². The summed E-state index contributed by atoms with van der Waals surface area (Å²) in [7, 11) is 0. The van der Waals surface area contributed by atoms with E-state index < -0.39 is 11.8 Å². The Hall–Kier alpha value is -3.34. The average Bonchev–Trinajstić information content (AvgIpc) is 3.37. The fourth-order valence-electron chi connectivity index (χ4n) is 5.10. The zero-order valence-electron chi connectivity index (χ0n) is 15.2. The fourth-order valence-corrected chi connectivity index (χ4v) is 5.10. The number of benzene rings is 2. The van der Waals surface area contributed by atoms with Crippen molar-refractivity contribution in [2.75, 3.05) is 0 Å². The van der Waals surface area contributed by atoms with Crippen molar-refractivity contribution in [3.63, 3.8) is 0 Å². The van der Waals surface area contributed by atoms with Crippen molar-refractivity contribution >= 4 is 33.6 Å². The second-order valence-corrected chi connectivity index (χ2v) is 7.79. The average molecular weight is 369 g/mol. The molecule has 28 heavy (non-hydrogen) atoms. The van der Waals surface area contributed by atoms with Crippen LogP contribution in [0, 0.1) is 0 Å². The predicted molar refractivity (Wildman–Crippen MR) is 107 cm³/mol. The van der Waals surface area contributed by atoms with Crippen molar-refractivity contribution in [1.29, 1.82) is 0 Å². The smallest absolute Gasteiger partial charge is 0.235 e. The number of carbonyl (C=O) groups is 2. The first-order valence-electron chi connectivity index (χ1n) is 9.74. The van der Waals surface area contributed by atoms with Gasteiger partial charge in [-0.15, -0.1) is 0 Å². The number of aromatic amines is 1. The molecule has 1 saturated heterocycles. The van der Waals surface area contributed by atoms with E-state index in [1.807, 2.05) is 30.5 Å². The molecule has 5 heteroatoms. The third-order valence-electron chi connectivity index (χ3n) is 6.29. The molecule has 2 aliphatic heterocycles. The molecule has 2 aromatic heterocycles. The highest BCUT2D eigenvalue weighted by Crippen LogP contribution is 2.44. The van der Waals surface area contributed by atoms with Gasteiger partial charge in [0.1, 0.15) is 0 Å². The van der Waals surface area contributed by atoms with Gasteiger partial charge in [-0.2, -0.15) is 0 Å². The normalized spacial score (nSPS) is 21.6. The Morgan fingerprint density at radius 2 is 1.68 bits per heavy atom. The zero-order chi connectivity index (χ0) is 18.8. The van der Waals surface area contributed by atoms with Crippen LogP contribution < -0.4 is 5.32 Å². The molecule has 6 rings (SSSR count). The van der Waals surface area contributed by atoms with Crippen LogP contribution in [0.3, 0.4) is 0 Å². The van der Waals surface area contributed by atoms with Gasteiger partial charge in [0.05, 0.1) is 17.4 Å². The van der Waals surface area contributed by atoms with E-state index in [0.717, 1.165) is 46.8 Å². The molecule has 2 atom stereocenters. The molecular formula is C23H19N3O2. The van der Waals surface area contributed by atoms with Gasteiger partial charge in [0, 0.05) is 35.2 Å². The summed E-state index contributed by atoms with van der Waals surface area (Å²) in [5.74, 6) is -1.45. The van der Waals surface area contributed by atoms with Crippen LogP contribution in [0.5, 0.6) is 0 Å². The molecule has 2 aliphatic rings. The van der Waals surface area contributed by atoms with Crippen LogP contribution in [0.4, 0.5) is 0 Å². The minimum atomic E-state index is -0.521. The topological polar surface area (TPSA) is 66.9 Å². The van der Waals surface area contributed by atoms with Crippen LogP contribution in [-0.2, 0) is 22.6 Å². The van der Waals surface area contributed by atoms with Crippen LogP contribution in [-0.4, -0.2) is 21.4 Å². The summed E-state index contributed by atoms with van der Waals surface area (Å²) in [5, 5.41) is 4.68. The molecular weight excluding hydrogens is 350 g/mol. The van der Waals surface area contributed by atoms with Crippen molar-refractivity contribution in [3.8, 4) is 0 Å². The quantitative estimate of drug-likeness (QED) is 0.530. The van der Waals surface area contributed by atoms with Crippen LogP contribution in [0.25, 0.3) is 21.8 Å². The third kappa shape index (κ3) is 2.01. The number of amides is 2. The Labute approximate surface area is 161 Å². The first-order valence-corrected chi connectivity index (χ1v) is 9.74. The molecule has 0 aliphatic carbocycles. The Bertz CT molecular complexity index is 1280. The number of hydrogen-bond donors (Lipinski definition) is 2. The van der Waals surface area contributed by atoms with Gasteiger partial charge in [0.25, 0.3) is 0 Å². The molecule has 0 saturated carbocycles. The van der Waals surface area contributed by atoms with Crippen molar-refractivity contribution in [2.24, 2.45) is 0 Å². The van der Waals surface area contributed by atoms with E-state index in [0.29, 0.717) is 0 Å². The summed E-state index contributed by atoms with van der Waals surface area (Å²) in [6, 6.07) is 14.2. The van der Waals surface area contributed by atoms with Crippen LogP contribution >= 0.6 is 0 Å². The van der Waals surface area contributed by atoms with E-state index in [9.17, 15) is 9.59 Å². The lowest BCUT2D eigenvalue weighted by Crippen LogP contribution is -2.21. The number of carbonyl (C=O) groups excluding carboxylic acids is 2. The van der Waals surface area contributed by atoms with Crippen molar-refractivity contribution in [1.82, 2.24) is 14.9 Å².